The summed E-state index contributed by atoms with van der Waals surface area (Å²) in [6.45, 7) is 4.47. The third-order valence-electron chi connectivity index (χ3n) is 1.16. The van der Waals surface area contributed by atoms with Gasteiger partial charge in [0.25, 0.3) is 0 Å². The van der Waals surface area contributed by atoms with Crippen molar-refractivity contribution in [2.75, 3.05) is 27.7 Å². The van der Waals surface area contributed by atoms with Crippen molar-refractivity contribution in [3.05, 3.63) is 12.2 Å². The van der Waals surface area contributed by atoms with Gasteiger partial charge in [0.2, 0.25) is 0 Å². The molecule has 0 aliphatic rings. The number of nitrogens with zero attached hydrogens (tertiary/aromatic N) is 1. The van der Waals surface area contributed by atoms with Gasteiger partial charge < -0.3 is 9.64 Å². The van der Waals surface area contributed by atoms with Gasteiger partial charge in [0.05, 0.1) is 13.5 Å². The first-order chi connectivity index (χ1) is 5.06. The average molecular weight is 157 g/mol. The topological polar surface area (TPSA) is 29.5 Å². The van der Waals surface area contributed by atoms with Crippen LogP contribution in [0.1, 0.15) is 6.42 Å². The van der Waals surface area contributed by atoms with E-state index in [-0.39, 0.29) is 5.97 Å². The highest BCUT2D eigenvalue weighted by Gasteiger charge is 2.03. The standard InChI is InChI=1S/C8H15NO2/c1-7(6-9(2)3)5-8(10)11-4/h1,5-6H2,2-4H3. The summed E-state index contributed by atoms with van der Waals surface area (Å²) in [4.78, 5) is 12.7. The Kier molecular flexibility index (Phi) is 4.54. The Labute approximate surface area is 67.6 Å². The molecule has 0 aromatic carbocycles. The minimum atomic E-state index is -0.225. The molecule has 0 fully saturated rings. The second-order valence-electron chi connectivity index (χ2n) is 2.74. The predicted octanol–water partition coefficient (Wildman–Crippen LogP) is 0.667. The van der Waals surface area contributed by atoms with Crippen LogP contribution in [0.3, 0.4) is 0 Å². The van der Waals surface area contributed by atoms with E-state index >= 15 is 0 Å². The smallest absolute Gasteiger partial charge is 0.309 e. The summed E-state index contributed by atoms with van der Waals surface area (Å²) in [5.41, 5.74) is 0.877. The molecule has 0 aromatic heterocycles. The lowest BCUT2D eigenvalue weighted by atomic mass is 10.2. The summed E-state index contributed by atoms with van der Waals surface area (Å²) in [7, 11) is 5.25. The highest BCUT2D eigenvalue weighted by atomic mass is 16.5. The van der Waals surface area contributed by atoms with E-state index in [1.54, 1.807) is 0 Å². The van der Waals surface area contributed by atoms with Crippen LogP contribution in [0.15, 0.2) is 12.2 Å². The second-order valence-corrected chi connectivity index (χ2v) is 2.74. The van der Waals surface area contributed by atoms with E-state index in [0.29, 0.717) is 6.42 Å². The highest BCUT2D eigenvalue weighted by Crippen LogP contribution is 1.99. The van der Waals surface area contributed by atoms with Gasteiger partial charge in [0, 0.05) is 6.54 Å². The monoisotopic (exact) mass is 157 g/mol. The molecule has 0 unspecified atom stereocenters. The van der Waals surface area contributed by atoms with Crippen LogP contribution in [0.5, 0.6) is 0 Å². The van der Waals surface area contributed by atoms with Crippen LogP contribution in [-0.4, -0.2) is 38.6 Å². The zero-order chi connectivity index (χ0) is 8.85. The van der Waals surface area contributed by atoms with Crippen molar-refractivity contribution in [3.8, 4) is 0 Å². The Morgan fingerprint density at radius 2 is 2.09 bits per heavy atom. The maximum Gasteiger partial charge on any atom is 0.309 e. The van der Waals surface area contributed by atoms with Gasteiger partial charge in [0.1, 0.15) is 0 Å². The number of carbonyl (C=O) groups is 1. The largest absolute Gasteiger partial charge is 0.469 e. The average Bonchev–Trinajstić information content (AvgIpc) is 1.85. The molecular weight excluding hydrogens is 142 g/mol. The van der Waals surface area contributed by atoms with Crippen molar-refractivity contribution in [1.29, 1.82) is 0 Å². The molecule has 0 atom stereocenters. The Bertz CT molecular complexity index is 152. The number of ether oxygens (including phenoxy) is 1. The zero-order valence-electron chi connectivity index (χ0n) is 7.39. The summed E-state index contributed by atoms with van der Waals surface area (Å²) in [5.74, 6) is -0.225. The van der Waals surface area contributed by atoms with Crippen LogP contribution >= 0.6 is 0 Å². The number of methoxy groups -OCH3 is 1. The molecule has 11 heavy (non-hydrogen) atoms. The molecule has 0 aromatic rings. The van der Waals surface area contributed by atoms with Gasteiger partial charge in [-0.25, -0.2) is 0 Å². The molecule has 0 saturated heterocycles. The molecule has 0 heterocycles. The second kappa shape index (κ2) is 4.91. The maximum atomic E-state index is 10.7. The SMILES string of the molecule is C=C(CC(=O)OC)CN(C)C. The molecule has 0 rings (SSSR count). The first kappa shape index (κ1) is 10.2. The number of hydrogen-bond acceptors (Lipinski definition) is 3. The van der Waals surface area contributed by atoms with Crippen LogP contribution < -0.4 is 0 Å². The van der Waals surface area contributed by atoms with E-state index in [9.17, 15) is 4.79 Å². The fourth-order valence-electron chi connectivity index (χ4n) is 0.779. The van der Waals surface area contributed by atoms with E-state index in [2.05, 4.69) is 11.3 Å². The van der Waals surface area contributed by atoms with E-state index in [0.717, 1.165) is 12.1 Å². The number of likely N-dealkylation sites (N-methyl/N-ethyl adjacent to an activating group) is 1. The minimum absolute atomic E-state index is 0.225. The molecule has 3 heteroatoms. The lowest BCUT2D eigenvalue weighted by molar-refractivity contribution is -0.139. The maximum absolute atomic E-state index is 10.7. The van der Waals surface area contributed by atoms with Gasteiger partial charge in [-0.3, -0.25) is 4.79 Å². The Balaban J connectivity index is 3.61. The van der Waals surface area contributed by atoms with Gasteiger partial charge in [-0.05, 0) is 14.1 Å². The molecule has 64 valence electrons. The molecular formula is C8H15NO2. The lowest BCUT2D eigenvalue weighted by Crippen LogP contribution is -2.16. The van der Waals surface area contributed by atoms with Crippen molar-refractivity contribution in [2.45, 2.75) is 6.42 Å². The Morgan fingerprint density at radius 1 is 1.55 bits per heavy atom. The lowest BCUT2D eigenvalue weighted by Gasteiger charge is -2.10. The van der Waals surface area contributed by atoms with Gasteiger partial charge in [-0.15, -0.1) is 0 Å². The third kappa shape index (κ3) is 5.61. The molecule has 0 spiro atoms. The quantitative estimate of drug-likeness (QED) is 0.443. The van der Waals surface area contributed by atoms with Gasteiger partial charge in [0.15, 0.2) is 0 Å². The van der Waals surface area contributed by atoms with E-state index in [4.69, 9.17) is 0 Å². The number of rotatable bonds is 4. The van der Waals surface area contributed by atoms with Crippen molar-refractivity contribution >= 4 is 5.97 Å². The van der Waals surface area contributed by atoms with E-state index in [1.807, 2.05) is 19.0 Å². The van der Waals surface area contributed by atoms with Crippen molar-refractivity contribution in [1.82, 2.24) is 4.90 Å². The number of esters is 1. The van der Waals surface area contributed by atoms with Crippen molar-refractivity contribution in [2.24, 2.45) is 0 Å². The van der Waals surface area contributed by atoms with Crippen molar-refractivity contribution in [3.63, 3.8) is 0 Å². The molecule has 0 aliphatic carbocycles. The Morgan fingerprint density at radius 3 is 2.45 bits per heavy atom. The molecule has 0 bridgehead atoms. The summed E-state index contributed by atoms with van der Waals surface area (Å²) in [6, 6.07) is 0. The van der Waals surface area contributed by atoms with Gasteiger partial charge in [-0.2, -0.15) is 0 Å². The third-order valence-corrected chi connectivity index (χ3v) is 1.16. The summed E-state index contributed by atoms with van der Waals surface area (Å²) in [5, 5.41) is 0. The molecule has 0 aliphatic heterocycles. The molecule has 0 radical (unpaired) electrons. The van der Waals surface area contributed by atoms with Crippen molar-refractivity contribution < 1.29 is 9.53 Å². The summed E-state index contributed by atoms with van der Waals surface area (Å²) < 4.78 is 4.48. The van der Waals surface area contributed by atoms with Crippen LogP contribution in [0.25, 0.3) is 0 Å². The van der Waals surface area contributed by atoms with Gasteiger partial charge >= 0.3 is 5.97 Å². The normalized spacial score (nSPS) is 9.82. The van der Waals surface area contributed by atoms with Gasteiger partial charge in [-0.1, -0.05) is 12.2 Å². The zero-order valence-corrected chi connectivity index (χ0v) is 7.39. The first-order valence-corrected chi connectivity index (χ1v) is 3.44. The van der Waals surface area contributed by atoms with Crippen LogP contribution in [0.2, 0.25) is 0 Å². The number of hydrogen-bond donors (Lipinski definition) is 0. The fraction of sp³-hybridized carbons (Fsp3) is 0.625. The minimum Gasteiger partial charge on any atom is -0.469 e. The van der Waals surface area contributed by atoms with E-state index in [1.165, 1.54) is 7.11 Å². The van der Waals surface area contributed by atoms with E-state index < -0.39 is 0 Å². The Hall–Kier alpha value is -0.830. The molecule has 0 amide bonds. The summed E-state index contributed by atoms with van der Waals surface area (Å²) >= 11 is 0. The van der Waals surface area contributed by atoms with Crippen LogP contribution in [0.4, 0.5) is 0 Å². The van der Waals surface area contributed by atoms with Crippen LogP contribution in [-0.2, 0) is 9.53 Å². The summed E-state index contributed by atoms with van der Waals surface area (Å²) in [6.07, 6.45) is 0.314. The predicted molar refractivity (Wildman–Crippen MR) is 44.3 cm³/mol. The van der Waals surface area contributed by atoms with Crippen LogP contribution in [0, 0.1) is 0 Å². The highest BCUT2D eigenvalue weighted by molar-refractivity contribution is 5.72. The molecule has 0 saturated carbocycles. The molecule has 3 nitrogen and oxygen atoms in total. The molecule has 0 N–H and O–H groups in total. The first-order valence-electron chi connectivity index (χ1n) is 3.44. The number of carbonyl (C=O) groups excluding carboxylic acids is 1. The fourth-order valence-corrected chi connectivity index (χ4v) is 0.779.